The third-order valence-corrected chi connectivity index (χ3v) is 6.42. The molecule has 1 aromatic carbocycles. The van der Waals surface area contributed by atoms with Crippen LogP contribution in [-0.4, -0.2) is 93.8 Å². The van der Waals surface area contributed by atoms with Crippen molar-refractivity contribution in [2.75, 3.05) is 71.0 Å². The van der Waals surface area contributed by atoms with E-state index in [0.29, 0.717) is 52.4 Å². The van der Waals surface area contributed by atoms with Crippen molar-refractivity contribution in [3.05, 3.63) is 23.8 Å². The highest BCUT2D eigenvalue weighted by Gasteiger charge is 2.42. The number of morpholine rings is 1. The molecule has 30 heavy (non-hydrogen) atoms. The Balaban J connectivity index is 1.52. The first-order chi connectivity index (χ1) is 14.6. The summed E-state index contributed by atoms with van der Waals surface area (Å²) in [4.78, 5) is 32.1. The van der Waals surface area contributed by atoms with E-state index in [1.165, 1.54) is 5.56 Å². The van der Waals surface area contributed by atoms with Crippen molar-refractivity contribution < 1.29 is 19.1 Å². The normalized spacial score (nSPS) is 24.1. The Labute approximate surface area is 178 Å². The van der Waals surface area contributed by atoms with Crippen LogP contribution in [0.15, 0.2) is 18.2 Å². The van der Waals surface area contributed by atoms with Crippen molar-refractivity contribution >= 4 is 17.5 Å². The van der Waals surface area contributed by atoms with Gasteiger partial charge in [0.15, 0.2) is 0 Å². The van der Waals surface area contributed by atoms with Gasteiger partial charge in [0.2, 0.25) is 11.8 Å². The first-order valence-corrected chi connectivity index (χ1v) is 10.9. The zero-order chi connectivity index (χ0) is 21.1. The molecule has 2 fully saturated rings. The van der Waals surface area contributed by atoms with Gasteiger partial charge in [0, 0.05) is 51.0 Å². The van der Waals surface area contributed by atoms with Crippen LogP contribution in [0.5, 0.6) is 5.75 Å². The lowest BCUT2D eigenvalue weighted by Crippen LogP contribution is -2.62. The number of piperazine rings is 1. The van der Waals surface area contributed by atoms with Gasteiger partial charge in [0.25, 0.3) is 0 Å². The summed E-state index contributed by atoms with van der Waals surface area (Å²) in [6, 6.07) is 6.16. The smallest absolute Gasteiger partial charge is 0.236 e. The van der Waals surface area contributed by atoms with Gasteiger partial charge in [0.1, 0.15) is 5.75 Å². The van der Waals surface area contributed by atoms with Crippen molar-refractivity contribution in [1.29, 1.82) is 0 Å². The highest BCUT2D eigenvalue weighted by Crippen LogP contribution is 2.38. The molecule has 0 radical (unpaired) electrons. The molecule has 0 aromatic heterocycles. The van der Waals surface area contributed by atoms with Crippen LogP contribution in [-0.2, 0) is 20.7 Å². The summed E-state index contributed by atoms with van der Waals surface area (Å²) in [6.07, 6.45) is 0.706. The number of carbonyl (C=O) groups is 2. The number of rotatable bonds is 5. The second-order valence-corrected chi connectivity index (χ2v) is 8.19. The maximum absolute atomic E-state index is 12.9. The molecule has 2 amide bonds. The molecule has 2 saturated heterocycles. The van der Waals surface area contributed by atoms with Gasteiger partial charge < -0.3 is 24.6 Å². The fourth-order valence-corrected chi connectivity index (χ4v) is 4.82. The summed E-state index contributed by atoms with van der Waals surface area (Å²) in [6.45, 7) is 7.81. The van der Waals surface area contributed by atoms with Gasteiger partial charge in [-0.2, -0.15) is 0 Å². The van der Waals surface area contributed by atoms with E-state index in [4.69, 9.17) is 9.47 Å². The summed E-state index contributed by atoms with van der Waals surface area (Å²) >= 11 is 0. The van der Waals surface area contributed by atoms with Crippen LogP contribution in [0.25, 0.3) is 0 Å². The second kappa shape index (κ2) is 9.22. The van der Waals surface area contributed by atoms with Crippen LogP contribution in [0.1, 0.15) is 12.5 Å². The fourth-order valence-electron chi connectivity index (χ4n) is 4.82. The second-order valence-electron chi connectivity index (χ2n) is 8.19. The number of ether oxygens (including phenoxy) is 2. The Morgan fingerprint density at radius 2 is 2.00 bits per heavy atom. The number of nitrogens with one attached hydrogen (secondary N) is 1. The molecule has 0 unspecified atom stereocenters. The van der Waals surface area contributed by atoms with Crippen molar-refractivity contribution in [2.45, 2.75) is 19.4 Å². The highest BCUT2D eigenvalue weighted by molar-refractivity contribution is 5.82. The third kappa shape index (κ3) is 4.25. The average Bonchev–Trinajstić information content (AvgIpc) is 2.78. The quantitative estimate of drug-likeness (QED) is 0.747. The molecule has 8 heteroatoms. The summed E-state index contributed by atoms with van der Waals surface area (Å²) in [7, 11) is 1.68. The summed E-state index contributed by atoms with van der Waals surface area (Å²) in [5.74, 6) is 0.940. The number of benzene rings is 1. The number of nitrogens with zero attached hydrogens (tertiary/aromatic N) is 3. The lowest BCUT2D eigenvalue weighted by atomic mass is 9.83. The van der Waals surface area contributed by atoms with Crippen LogP contribution in [0.3, 0.4) is 0 Å². The fraction of sp³-hybridized carbons (Fsp3) is 0.636. The van der Waals surface area contributed by atoms with Crippen molar-refractivity contribution in [3.8, 4) is 5.75 Å². The number of carbonyl (C=O) groups excluding carboxylic acids is 2. The predicted octanol–water partition coefficient (Wildman–Crippen LogP) is 0.353. The minimum Gasteiger partial charge on any atom is -0.497 e. The van der Waals surface area contributed by atoms with Crippen LogP contribution in [0.2, 0.25) is 0 Å². The van der Waals surface area contributed by atoms with Crippen LogP contribution < -0.4 is 15.0 Å². The zero-order valence-corrected chi connectivity index (χ0v) is 17.9. The molecular weight excluding hydrogens is 384 g/mol. The molecule has 0 spiro atoms. The molecular formula is C22H32N4O4. The zero-order valence-electron chi connectivity index (χ0n) is 17.9. The first kappa shape index (κ1) is 20.9. The van der Waals surface area contributed by atoms with E-state index in [1.807, 2.05) is 17.9 Å². The molecule has 2 atom stereocenters. The lowest BCUT2D eigenvalue weighted by Gasteiger charge is -2.49. The number of hydrogen-bond acceptors (Lipinski definition) is 6. The molecule has 0 bridgehead atoms. The minimum absolute atomic E-state index is 0.0439. The van der Waals surface area contributed by atoms with Crippen molar-refractivity contribution in [3.63, 3.8) is 0 Å². The third-order valence-electron chi connectivity index (χ3n) is 6.42. The van der Waals surface area contributed by atoms with Crippen molar-refractivity contribution in [2.24, 2.45) is 5.92 Å². The van der Waals surface area contributed by atoms with Crippen molar-refractivity contribution in [1.82, 2.24) is 15.1 Å². The maximum atomic E-state index is 12.9. The van der Waals surface area contributed by atoms with Gasteiger partial charge in [-0.15, -0.1) is 0 Å². The number of fused-ring (bicyclic) bond motifs is 3. The van der Waals surface area contributed by atoms with E-state index in [-0.39, 0.29) is 23.8 Å². The SMILES string of the molecule is CCNC(=O)[C@H]1Cc2ccc(OC)cc2N2CCN(CC(=O)N3CCOCC3)C[C@H]12. The van der Waals surface area contributed by atoms with Gasteiger partial charge >= 0.3 is 0 Å². The first-order valence-electron chi connectivity index (χ1n) is 10.9. The average molecular weight is 417 g/mol. The molecule has 0 aliphatic carbocycles. The van der Waals surface area contributed by atoms with E-state index in [2.05, 4.69) is 27.2 Å². The maximum Gasteiger partial charge on any atom is 0.236 e. The largest absolute Gasteiger partial charge is 0.497 e. The van der Waals surface area contributed by atoms with Gasteiger partial charge in [0.05, 0.1) is 38.8 Å². The van der Waals surface area contributed by atoms with E-state index < -0.39 is 0 Å². The Hall–Kier alpha value is -2.32. The minimum atomic E-state index is -0.132. The molecule has 3 heterocycles. The molecule has 1 N–H and O–H groups in total. The predicted molar refractivity (Wildman–Crippen MR) is 114 cm³/mol. The Bertz CT molecular complexity index is 780. The lowest BCUT2D eigenvalue weighted by molar-refractivity contribution is -0.136. The van der Waals surface area contributed by atoms with Crippen LogP contribution in [0, 0.1) is 5.92 Å². The van der Waals surface area contributed by atoms with Gasteiger partial charge in [-0.3, -0.25) is 14.5 Å². The molecule has 4 rings (SSSR count). The molecule has 1 aromatic rings. The molecule has 8 nitrogen and oxygen atoms in total. The van der Waals surface area contributed by atoms with Gasteiger partial charge in [-0.05, 0) is 25.0 Å². The molecule has 3 aliphatic heterocycles. The number of hydrogen-bond donors (Lipinski definition) is 1. The van der Waals surface area contributed by atoms with Crippen LogP contribution >= 0.6 is 0 Å². The summed E-state index contributed by atoms with van der Waals surface area (Å²) < 4.78 is 10.8. The van der Waals surface area contributed by atoms with E-state index in [1.54, 1.807) is 7.11 Å². The molecule has 0 saturated carbocycles. The topological polar surface area (TPSA) is 74.4 Å². The van der Waals surface area contributed by atoms with E-state index in [0.717, 1.165) is 24.5 Å². The number of amides is 2. The molecule has 164 valence electrons. The van der Waals surface area contributed by atoms with E-state index in [9.17, 15) is 9.59 Å². The van der Waals surface area contributed by atoms with E-state index >= 15 is 0 Å². The van der Waals surface area contributed by atoms with Crippen LogP contribution in [0.4, 0.5) is 5.69 Å². The number of methoxy groups -OCH3 is 1. The molecule has 3 aliphatic rings. The Morgan fingerprint density at radius 1 is 1.20 bits per heavy atom. The number of anilines is 1. The highest BCUT2D eigenvalue weighted by atomic mass is 16.5. The standard InChI is InChI=1S/C22H32N4O4/c1-3-23-22(28)18-12-16-4-5-17(29-2)13-19(16)26-7-6-24(14-20(18)26)15-21(27)25-8-10-30-11-9-25/h4-5,13,18,20H,3,6-12,14-15H2,1-2H3,(H,23,28)/t18-,20+/m0/s1. The summed E-state index contributed by atoms with van der Waals surface area (Å²) in [5, 5.41) is 3.01. The Morgan fingerprint density at radius 3 is 2.73 bits per heavy atom. The summed E-state index contributed by atoms with van der Waals surface area (Å²) in [5.41, 5.74) is 2.33. The Kier molecular flexibility index (Phi) is 6.43. The van der Waals surface area contributed by atoms with Gasteiger partial charge in [-0.25, -0.2) is 0 Å². The monoisotopic (exact) mass is 416 g/mol. The van der Waals surface area contributed by atoms with Gasteiger partial charge in [-0.1, -0.05) is 6.07 Å².